The Morgan fingerprint density at radius 3 is 2.52 bits per heavy atom. The molecule has 1 aliphatic heterocycles. The van der Waals surface area contributed by atoms with E-state index >= 15 is 0 Å². The molecule has 0 saturated carbocycles. The summed E-state index contributed by atoms with van der Waals surface area (Å²) in [5, 5.41) is 0. The number of benzene rings is 2. The highest BCUT2D eigenvalue weighted by Crippen LogP contribution is 2.27. The summed E-state index contributed by atoms with van der Waals surface area (Å²) >= 11 is 1.59. The zero-order valence-electron chi connectivity index (χ0n) is 13.3. The fourth-order valence-electron chi connectivity index (χ4n) is 2.96. The lowest BCUT2D eigenvalue weighted by Gasteiger charge is -2.16. The Morgan fingerprint density at radius 2 is 1.83 bits per heavy atom. The van der Waals surface area contributed by atoms with Crippen molar-refractivity contribution in [1.82, 2.24) is 4.90 Å². The molecule has 1 fully saturated rings. The van der Waals surface area contributed by atoms with E-state index in [2.05, 4.69) is 43.3 Å². The Labute approximate surface area is 141 Å². The van der Waals surface area contributed by atoms with Crippen molar-refractivity contribution in [3.63, 3.8) is 0 Å². The van der Waals surface area contributed by atoms with Crippen LogP contribution in [0, 0.1) is 6.92 Å². The summed E-state index contributed by atoms with van der Waals surface area (Å²) < 4.78 is 0. The first-order valence-electron chi connectivity index (χ1n) is 7.91. The van der Waals surface area contributed by atoms with Crippen molar-refractivity contribution in [2.75, 3.05) is 18.8 Å². The van der Waals surface area contributed by atoms with Gasteiger partial charge >= 0.3 is 0 Å². The minimum atomic E-state index is 0.0192. The third-order valence-electron chi connectivity index (χ3n) is 4.33. The van der Waals surface area contributed by atoms with Gasteiger partial charge in [-0.2, -0.15) is 0 Å². The molecule has 1 heterocycles. The van der Waals surface area contributed by atoms with Crippen LogP contribution in [0.15, 0.2) is 59.5 Å². The molecule has 0 spiro atoms. The van der Waals surface area contributed by atoms with Gasteiger partial charge in [-0.3, -0.25) is 4.79 Å². The lowest BCUT2D eigenvalue weighted by Crippen LogP contribution is -2.33. The lowest BCUT2D eigenvalue weighted by molar-refractivity contribution is -0.127. The first kappa shape index (κ1) is 16.1. The van der Waals surface area contributed by atoms with Gasteiger partial charge in [0.15, 0.2) is 0 Å². The normalized spacial score (nSPS) is 20.7. The minimum Gasteiger partial charge on any atom is -0.340 e. The smallest absolute Gasteiger partial charge is 0.233 e. The first-order valence-corrected chi connectivity index (χ1v) is 8.90. The molecule has 2 N–H and O–H groups in total. The quantitative estimate of drug-likeness (QED) is 0.879. The predicted octanol–water partition coefficient (Wildman–Crippen LogP) is 3.04. The molecule has 0 aliphatic carbocycles. The molecule has 0 radical (unpaired) electrons. The van der Waals surface area contributed by atoms with Gasteiger partial charge in [-0.1, -0.05) is 48.0 Å². The van der Waals surface area contributed by atoms with E-state index in [-0.39, 0.29) is 17.9 Å². The summed E-state index contributed by atoms with van der Waals surface area (Å²) in [7, 11) is 0. The number of thioether (sulfide) groups is 1. The average Bonchev–Trinajstić information content (AvgIpc) is 2.97. The molecular formula is C19H22N2OS. The van der Waals surface area contributed by atoms with Crippen LogP contribution in [0.4, 0.5) is 0 Å². The van der Waals surface area contributed by atoms with Crippen LogP contribution in [0.3, 0.4) is 0 Å². The van der Waals surface area contributed by atoms with Gasteiger partial charge in [0.1, 0.15) is 0 Å². The highest BCUT2D eigenvalue weighted by Gasteiger charge is 2.33. The van der Waals surface area contributed by atoms with Gasteiger partial charge in [-0.05, 0) is 24.6 Å². The number of likely N-dealkylation sites (tertiary alicyclic amines) is 1. The van der Waals surface area contributed by atoms with Crippen LogP contribution in [-0.4, -0.2) is 35.7 Å². The third-order valence-corrected chi connectivity index (χ3v) is 5.33. The molecule has 2 aromatic rings. The van der Waals surface area contributed by atoms with Gasteiger partial charge < -0.3 is 10.6 Å². The fourth-order valence-corrected chi connectivity index (χ4v) is 3.76. The maximum absolute atomic E-state index is 12.5. The lowest BCUT2D eigenvalue weighted by atomic mass is 9.95. The van der Waals surface area contributed by atoms with Crippen LogP contribution in [0.25, 0.3) is 0 Å². The average molecular weight is 326 g/mol. The number of carbonyl (C=O) groups is 1. The standard InChI is InChI=1S/C19H22N2OS/c1-14-7-9-16(10-8-14)23-13-19(22)21-11-17(18(20)12-21)15-5-3-2-4-6-15/h2-10,17-18H,11-13,20H2,1H3/t17-,18+/m0/s1. The third kappa shape index (κ3) is 3.95. The van der Waals surface area contributed by atoms with E-state index in [0.717, 1.165) is 11.4 Å². The highest BCUT2D eigenvalue weighted by molar-refractivity contribution is 8.00. The van der Waals surface area contributed by atoms with E-state index in [1.54, 1.807) is 11.8 Å². The van der Waals surface area contributed by atoms with E-state index in [9.17, 15) is 4.79 Å². The molecule has 23 heavy (non-hydrogen) atoms. The van der Waals surface area contributed by atoms with Crippen LogP contribution in [-0.2, 0) is 4.79 Å². The molecule has 3 nitrogen and oxygen atoms in total. The van der Waals surface area contributed by atoms with E-state index in [0.29, 0.717) is 12.3 Å². The molecule has 3 rings (SSSR count). The molecule has 0 unspecified atom stereocenters. The van der Waals surface area contributed by atoms with E-state index in [1.807, 2.05) is 23.1 Å². The minimum absolute atomic E-state index is 0.0192. The summed E-state index contributed by atoms with van der Waals surface area (Å²) in [6.07, 6.45) is 0. The monoisotopic (exact) mass is 326 g/mol. The summed E-state index contributed by atoms with van der Waals surface area (Å²) in [6, 6.07) is 18.6. The molecule has 2 atom stereocenters. The number of carbonyl (C=O) groups excluding carboxylic acids is 1. The SMILES string of the molecule is Cc1ccc(SCC(=O)N2C[C@@H](N)[C@H](c3ccccc3)C2)cc1. The Bertz CT molecular complexity index is 657. The molecule has 120 valence electrons. The van der Waals surface area contributed by atoms with Gasteiger partial charge in [-0.25, -0.2) is 0 Å². The van der Waals surface area contributed by atoms with Crippen molar-refractivity contribution in [1.29, 1.82) is 0 Å². The van der Waals surface area contributed by atoms with Crippen LogP contribution < -0.4 is 5.73 Å². The Balaban J connectivity index is 1.57. The summed E-state index contributed by atoms with van der Waals surface area (Å²) in [4.78, 5) is 15.5. The molecule has 0 aromatic heterocycles. The summed E-state index contributed by atoms with van der Waals surface area (Å²) in [5.41, 5.74) is 8.72. The zero-order valence-corrected chi connectivity index (χ0v) is 14.1. The zero-order chi connectivity index (χ0) is 16.2. The topological polar surface area (TPSA) is 46.3 Å². The second-order valence-electron chi connectivity index (χ2n) is 6.08. The van der Waals surface area contributed by atoms with Gasteiger partial charge in [0.2, 0.25) is 5.91 Å². The van der Waals surface area contributed by atoms with Crippen molar-refractivity contribution >= 4 is 17.7 Å². The van der Waals surface area contributed by atoms with Gasteiger partial charge in [-0.15, -0.1) is 11.8 Å². The molecule has 1 amide bonds. The van der Waals surface area contributed by atoms with Crippen molar-refractivity contribution in [2.45, 2.75) is 23.8 Å². The summed E-state index contributed by atoms with van der Waals surface area (Å²) in [6.45, 7) is 3.43. The maximum Gasteiger partial charge on any atom is 0.233 e. The van der Waals surface area contributed by atoms with Crippen LogP contribution in [0.1, 0.15) is 17.0 Å². The Hall–Kier alpha value is -1.78. The van der Waals surface area contributed by atoms with Crippen LogP contribution in [0.2, 0.25) is 0 Å². The number of aryl methyl sites for hydroxylation is 1. The number of rotatable bonds is 4. The number of hydrogen-bond acceptors (Lipinski definition) is 3. The van der Waals surface area contributed by atoms with Crippen molar-refractivity contribution in [2.24, 2.45) is 5.73 Å². The predicted molar refractivity (Wildman–Crippen MR) is 95.6 cm³/mol. The van der Waals surface area contributed by atoms with Crippen LogP contribution >= 0.6 is 11.8 Å². The first-order chi connectivity index (χ1) is 11.1. The largest absolute Gasteiger partial charge is 0.340 e. The van der Waals surface area contributed by atoms with Crippen molar-refractivity contribution in [3.05, 3.63) is 65.7 Å². The molecule has 1 saturated heterocycles. The second kappa shape index (κ2) is 7.20. The van der Waals surface area contributed by atoms with E-state index in [4.69, 9.17) is 5.73 Å². The van der Waals surface area contributed by atoms with Gasteiger partial charge in [0.25, 0.3) is 0 Å². The van der Waals surface area contributed by atoms with E-state index < -0.39 is 0 Å². The van der Waals surface area contributed by atoms with Gasteiger partial charge in [0.05, 0.1) is 5.75 Å². The van der Waals surface area contributed by atoms with Crippen molar-refractivity contribution in [3.8, 4) is 0 Å². The number of nitrogens with zero attached hydrogens (tertiary/aromatic N) is 1. The highest BCUT2D eigenvalue weighted by atomic mass is 32.2. The Kier molecular flexibility index (Phi) is 5.03. The Morgan fingerprint density at radius 1 is 1.13 bits per heavy atom. The second-order valence-corrected chi connectivity index (χ2v) is 7.13. The molecular weight excluding hydrogens is 304 g/mol. The molecule has 4 heteroatoms. The fraction of sp³-hybridized carbons (Fsp3) is 0.316. The number of amides is 1. The number of nitrogens with two attached hydrogens (primary N) is 1. The molecule has 1 aliphatic rings. The van der Waals surface area contributed by atoms with Gasteiger partial charge in [0, 0.05) is 29.9 Å². The van der Waals surface area contributed by atoms with E-state index in [1.165, 1.54) is 11.1 Å². The maximum atomic E-state index is 12.5. The number of hydrogen-bond donors (Lipinski definition) is 1. The molecule has 0 bridgehead atoms. The van der Waals surface area contributed by atoms with Crippen molar-refractivity contribution < 1.29 is 4.79 Å². The van der Waals surface area contributed by atoms with Crippen LogP contribution in [0.5, 0.6) is 0 Å². The summed E-state index contributed by atoms with van der Waals surface area (Å²) in [5.74, 6) is 0.881. The molecule has 2 aromatic carbocycles.